The summed E-state index contributed by atoms with van der Waals surface area (Å²) in [5.74, 6) is 0.167. The summed E-state index contributed by atoms with van der Waals surface area (Å²) >= 11 is 1.27. The molecule has 3 aromatic rings. The van der Waals surface area contributed by atoms with Gasteiger partial charge in [-0.3, -0.25) is 14.2 Å². The molecule has 5 nitrogen and oxygen atoms in total. The van der Waals surface area contributed by atoms with Gasteiger partial charge in [-0.1, -0.05) is 36.0 Å². The number of hydrogen-bond donors (Lipinski definition) is 1. The minimum absolute atomic E-state index is 0.0668. The predicted octanol–water partition coefficient (Wildman–Crippen LogP) is 2.70. The molecule has 0 aliphatic rings. The number of carbonyl (C=O) groups excluding carboxylic acids is 1. The van der Waals surface area contributed by atoms with E-state index in [4.69, 9.17) is 0 Å². The van der Waals surface area contributed by atoms with Crippen LogP contribution in [-0.2, 0) is 11.8 Å². The normalized spacial score (nSPS) is 11.3. The fourth-order valence-electron chi connectivity index (χ4n) is 2.56. The van der Waals surface area contributed by atoms with Crippen molar-refractivity contribution in [2.75, 3.05) is 5.75 Å². The minimum atomic E-state index is -0.0995. The Balaban J connectivity index is 2.00. The van der Waals surface area contributed by atoms with Crippen molar-refractivity contribution >= 4 is 39.3 Å². The Morgan fingerprint density at radius 1 is 1.25 bits per heavy atom. The van der Waals surface area contributed by atoms with Crippen LogP contribution in [0.3, 0.4) is 0 Å². The lowest BCUT2D eigenvalue weighted by atomic mass is 10.1. The second kappa shape index (κ2) is 6.65. The highest BCUT2D eigenvalue weighted by Crippen LogP contribution is 2.22. The van der Waals surface area contributed by atoms with Crippen molar-refractivity contribution in [2.24, 2.45) is 7.05 Å². The van der Waals surface area contributed by atoms with Crippen LogP contribution in [0.4, 0.5) is 0 Å². The molecule has 6 heteroatoms. The molecule has 0 saturated carbocycles. The van der Waals surface area contributed by atoms with Crippen LogP contribution in [0, 0.1) is 0 Å². The van der Waals surface area contributed by atoms with Crippen LogP contribution in [0.25, 0.3) is 21.7 Å². The second-order valence-corrected chi connectivity index (χ2v) is 6.93. The predicted molar refractivity (Wildman–Crippen MR) is 98.5 cm³/mol. The third-order valence-electron chi connectivity index (χ3n) is 3.68. The van der Waals surface area contributed by atoms with E-state index in [0.29, 0.717) is 16.1 Å². The molecule has 3 rings (SSSR count). The van der Waals surface area contributed by atoms with Crippen LogP contribution in [0.5, 0.6) is 0 Å². The number of nitrogens with zero attached hydrogens (tertiary/aromatic N) is 2. The van der Waals surface area contributed by atoms with Gasteiger partial charge < -0.3 is 5.32 Å². The number of thioether (sulfide) groups is 1. The van der Waals surface area contributed by atoms with Crippen LogP contribution < -0.4 is 10.9 Å². The van der Waals surface area contributed by atoms with E-state index in [1.165, 1.54) is 16.3 Å². The molecule has 1 amide bonds. The molecule has 0 spiro atoms. The van der Waals surface area contributed by atoms with Crippen LogP contribution in [-0.4, -0.2) is 27.3 Å². The SMILES string of the molecule is CC(C)NC(=O)CSc1nc2cc3ccccc3cc2c(=O)n1C. The van der Waals surface area contributed by atoms with Gasteiger partial charge in [0.25, 0.3) is 5.56 Å². The molecule has 0 unspecified atom stereocenters. The molecule has 1 aromatic heterocycles. The lowest BCUT2D eigenvalue weighted by molar-refractivity contribution is -0.119. The van der Waals surface area contributed by atoms with E-state index in [0.717, 1.165) is 10.8 Å². The standard InChI is InChI=1S/C18H19N3O2S/c1-11(2)19-16(22)10-24-18-20-15-9-13-7-5-4-6-12(13)8-14(15)17(23)21(18)3/h4-9,11H,10H2,1-3H3,(H,19,22). The fourth-order valence-corrected chi connectivity index (χ4v) is 3.34. The van der Waals surface area contributed by atoms with E-state index in [-0.39, 0.29) is 23.3 Å². The lowest BCUT2D eigenvalue weighted by Crippen LogP contribution is -2.31. The molecule has 0 radical (unpaired) electrons. The topological polar surface area (TPSA) is 64.0 Å². The zero-order valence-corrected chi connectivity index (χ0v) is 14.7. The van der Waals surface area contributed by atoms with Gasteiger partial charge in [-0.2, -0.15) is 0 Å². The van der Waals surface area contributed by atoms with E-state index in [2.05, 4.69) is 10.3 Å². The first-order chi connectivity index (χ1) is 11.5. The summed E-state index contributed by atoms with van der Waals surface area (Å²) in [7, 11) is 1.69. The first kappa shape index (κ1) is 16.5. The van der Waals surface area contributed by atoms with Crippen molar-refractivity contribution in [3.8, 4) is 0 Å². The van der Waals surface area contributed by atoms with Gasteiger partial charge in [-0.25, -0.2) is 4.98 Å². The van der Waals surface area contributed by atoms with E-state index in [1.807, 2.05) is 50.2 Å². The third-order valence-corrected chi connectivity index (χ3v) is 4.71. The molecule has 1 heterocycles. The summed E-state index contributed by atoms with van der Waals surface area (Å²) in [6, 6.07) is 11.8. The second-order valence-electron chi connectivity index (χ2n) is 5.99. The Hall–Kier alpha value is -2.34. The average Bonchev–Trinajstić information content (AvgIpc) is 2.55. The number of carbonyl (C=O) groups is 1. The number of aromatic nitrogens is 2. The van der Waals surface area contributed by atoms with Gasteiger partial charge in [-0.15, -0.1) is 0 Å². The van der Waals surface area contributed by atoms with Crippen molar-refractivity contribution in [3.63, 3.8) is 0 Å². The maximum absolute atomic E-state index is 12.6. The van der Waals surface area contributed by atoms with E-state index in [1.54, 1.807) is 7.05 Å². The highest BCUT2D eigenvalue weighted by atomic mass is 32.2. The van der Waals surface area contributed by atoms with Gasteiger partial charge in [0.2, 0.25) is 5.91 Å². The maximum Gasteiger partial charge on any atom is 0.261 e. The van der Waals surface area contributed by atoms with Gasteiger partial charge in [-0.05, 0) is 36.8 Å². The number of fused-ring (bicyclic) bond motifs is 2. The maximum atomic E-state index is 12.6. The highest BCUT2D eigenvalue weighted by Gasteiger charge is 2.12. The Morgan fingerprint density at radius 2 is 1.92 bits per heavy atom. The molecule has 0 saturated heterocycles. The van der Waals surface area contributed by atoms with Gasteiger partial charge in [0, 0.05) is 13.1 Å². The third kappa shape index (κ3) is 3.28. The molecule has 2 aromatic carbocycles. The quantitative estimate of drug-likeness (QED) is 0.450. The van der Waals surface area contributed by atoms with Crippen LogP contribution in [0.2, 0.25) is 0 Å². The molecule has 0 aliphatic heterocycles. The molecule has 0 fully saturated rings. The van der Waals surface area contributed by atoms with Crippen molar-refractivity contribution < 1.29 is 4.79 Å². The van der Waals surface area contributed by atoms with Crippen molar-refractivity contribution in [1.29, 1.82) is 0 Å². The number of rotatable bonds is 4. The molecular weight excluding hydrogens is 322 g/mol. The van der Waals surface area contributed by atoms with Gasteiger partial charge >= 0.3 is 0 Å². The van der Waals surface area contributed by atoms with Gasteiger partial charge in [0.1, 0.15) is 0 Å². The monoisotopic (exact) mass is 341 g/mol. The summed E-state index contributed by atoms with van der Waals surface area (Å²) in [5, 5.41) is 6.02. The molecule has 0 atom stereocenters. The average molecular weight is 341 g/mol. The van der Waals surface area contributed by atoms with E-state index in [9.17, 15) is 9.59 Å². The fraction of sp³-hybridized carbons (Fsp3) is 0.278. The lowest BCUT2D eigenvalue weighted by Gasteiger charge is -2.11. The highest BCUT2D eigenvalue weighted by molar-refractivity contribution is 7.99. The summed E-state index contributed by atoms with van der Waals surface area (Å²) < 4.78 is 1.50. The minimum Gasteiger partial charge on any atom is -0.353 e. The summed E-state index contributed by atoms with van der Waals surface area (Å²) in [4.78, 5) is 29.0. The smallest absolute Gasteiger partial charge is 0.261 e. The first-order valence-electron chi connectivity index (χ1n) is 7.77. The molecule has 1 N–H and O–H groups in total. The van der Waals surface area contributed by atoms with Gasteiger partial charge in [0.05, 0.1) is 16.7 Å². The first-order valence-corrected chi connectivity index (χ1v) is 8.76. The summed E-state index contributed by atoms with van der Waals surface area (Å²) in [6.07, 6.45) is 0. The Labute approximate surface area is 144 Å². The van der Waals surface area contributed by atoms with Crippen LogP contribution in [0.15, 0.2) is 46.3 Å². The number of amides is 1. The van der Waals surface area contributed by atoms with Crippen molar-refractivity contribution in [1.82, 2.24) is 14.9 Å². The molecule has 24 heavy (non-hydrogen) atoms. The largest absolute Gasteiger partial charge is 0.353 e. The molecule has 0 bridgehead atoms. The Morgan fingerprint density at radius 3 is 2.58 bits per heavy atom. The van der Waals surface area contributed by atoms with E-state index >= 15 is 0 Å². The Bertz CT molecular complexity index is 979. The molecular formula is C18H19N3O2S. The van der Waals surface area contributed by atoms with Crippen molar-refractivity contribution in [2.45, 2.75) is 25.0 Å². The molecule has 124 valence electrons. The number of nitrogens with one attached hydrogen (secondary N) is 1. The van der Waals surface area contributed by atoms with Gasteiger partial charge in [0.15, 0.2) is 5.16 Å². The van der Waals surface area contributed by atoms with Crippen LogP contribution >= 0.6 is 11.8 Å². The summed E-state index contributed by atoms with van der Waals surface area (Å²) in [5.41, 5.74) is 0.557. The zero-order chi connectivity index (χ0) is 17.3. The zero-order valence-electron chi connectivity index (χ0n) is 13.9. The van der Waals surface area contributed by atoms with Crippen molar-refractivity contribution in [3.05, 3.63) is 46.8 Å². The van der Waals surface area contributed by atoms with E-state index < -0.39 is 0 Å². The number of benzene rings is 2. The summed E-state index contributed by atoms with van der Waals surface area (Å²) in [6.45, 7) is 3.83. The Kier molecular flexibility index (Phi) is 4.57. The van der Waals surface area contributed by atoms with Crippen LogP contribution in [0.1, 0.15) is 13.8 Å². The number of hydrogen-bond acceptors (Lipinski definition) is 4. The molecule has 0 aliphatic carbocycles.